The summed E-state index contributed by atoms with van der Waals surface area (Å²) in [5.41, 5.74) is 1.93. The lowest BCUT2D eigenvalue weighted by Crippen LogP contribution is -2.29. The zero-order valence-electron chi connectivity index (χ0n) is 13.5. The van der Waals surface area contributed by atoms with Crippen molar-refractivity contribution in [3.05, 3.63) is 35.7 Å². The highest BCUT2D eigenvalue weighted by atomic mass is 35.5. The van der Waals surface area contributed by atoms with Crippen molar-refractivity contribution in [2.75, 3.05) is 27.7 Å². The molecule has 2 nitrogen and oxygen atoms in total. The lowest BCUT2D eigenvalue weighted by atomic mass is 9.76. The first-order valence-electron chi connectivity index (χ1n) is 7.79. The van der Waals surface area contributed by atoms with Gasteiger partial charge in [0.05, 0.1) is 7.11 Å². The van der Waals surface area contributed by atoms with Crippen LogP contribution < -0.4 is 4.74 Å². The largest absolute Gasteiger partial charge is 0.497 e. The molecular weight excluding hydrogens is 301 g/mol. The van der Waals surface area contributed by atoms with Gasteiger partial charge in [-0.05, 0) is 74.9 Å². The Balaban J connectivity index is 0.00000176. The number of ether oxygens (including phenoxy) is 1. The second kappa shape index (κ2) is 7.01. The SMILES string of the molecule is COc1ccc(F)c(C2=CC3CCC(C3)C2CN(C)C)c1.Cl. The van der Waals surface area contributed by atoms with Crippen LogP contribution in [0, 0.1) is 23.6 Å². The quantitative estimate of drug-likeness (QED) is 0.820. The van der Waals surface area contributed by atoms with E-state index >= 15 is 0 Å². The Morgan fingerprint density at radius 2 is 2.05 bits per heavy atom. The molecule has 0 spiro atoms. The van der Waals surface area contributed by atoms with E-state index in [2.05, 4.69) is 25.1 Å². The predicted octanol–water partition coefficient (Wildman–Crippen LogP) is 4.25. The van der Waals surface area contributed by atoms with Crippen LogP contribution in [0.25, 0.3) is 5.57 Å². The molecule has 1 aromatic rings. The first-order valence-corrected chi connectivity index (χ1v) is 7.79. The fourth-order valence-electron chi connectivity index (χ4n) is 3.98. The molecule has 0 radical (unpaired) electrons. The molecule has 122 valence electrons. The first-order chi connectivity index (χ1) is 10.1. The van der Waals surface area contributed by atoms with E-state index in [1.54, 1.807) is 13.2 Å². The molecule has 3 atom stereocenters. The molecular formula is C18H25ClFNO. The van der Waals surface area contributed by atoms with Crippen LogP contribution >= 0.6 is 12.4 Å². The van der Waals surface area contributed by atoms with Crippen molar-refractivity contribution in [3.8, 4) is 5.75 Å². The minimum absolute atomic E-state index is 0. The van der Waals surface area contributed by atoms with Gasteiger partial charge in [-0.3, -0.25) is 0 Å². The zero-order valence-corrected chi connectivity index (χ0v) is 14.3. The summed E-state index contributed by atoms with van der Waals surface area (Å²) in [6.45, 7) is 0.986. The summed E-state index contributed by atoms with van der Waals surface area (Å²) in [6.07, 6.45) is 6.13. The summed E-state index contributed by atoms with van der Waals surface area (Å²) >= 11 is 0. The number of benzene rings is 1. The number of rotatable bonds is 4. The fourth-order valence-corrected chi connectivity index (χ4v) is 3.98. The molecule has 3 rings (SSSR count). The lowest BCUT2D eigenvalue weighted by molar-refractivity contribution is 0.289. The Kier molecular flexibility index (Phi) is 5.51. The summed E-state index contributed by atoms with van der Waals surface area (Å²) in [4.78, 5) is 2.22. The number of allylic oxidation sites excluding steroid dienone is 1. The number of halogens is 2. The average molecular weight is 326 g/mol. The van der Waals surface area contributed by atoms with E-state index in [-0.39, 0.29) is 18.2 Å². The highest BCUT2D eigenvalue weighted by Crippen LogP contribution is 2.48. The predicted molar refractivity (Wildman–Crippen MR) is 91.1 cm³/mol. The van der Waals surface area contributed by atoms with E-state index in [0.717, 1.165) is 17.9 Å². The van der Waals surface area contributed by atoms with Crippen LogP contribution in [0.3, 0.4) is 0 Å². The van der Waals surface area contributed by atoms with E-state index in [1.807, 2.05) is 6.07 Å². The van der Waals surface area contributed by atoms with E-state index in [1.165, 1.54) is 30.9 Å². The standard InChI is InChI=1S/C18H24FNO.ClH/c1-20(2)11-17-13-5-4-12(8-13)9-15(17)16-10-14(21-3)6-7-18(16)19;/h6-7,9-10,12-13,17H,4-5,8,11H2,1-3H3;1H. The van der Waals surface area contributed by atoms with Crippen LogP contribution in [0.5, 0.6) is 5.75 Å². The number of hydrogen-bond donors (Lipinski definition) is 0. The molecule has 2 aliphatic rings. The van der Waals surface area contributed by atoms with Crippen LogP contribution in [0.2, 0.25) is 0 Å². The number of nitrogens with zero attached hydrogens (tertiary/aromatic N) is 1. The Hall–Kier alpha value is -1.06. The first kappa shape index (κ1) is 17.3. The summed E-state index contributed by atoms with van der Waals surface area (Å²) in [5, 5.41) is 0. The van der Waals surface area contributed by atoms with Gasteiger partial charge in [-0.25, -0.2) is 4.39 Å². The third kappa shape index (κ3) is 3.31. The van der Waals surface area contributed by atoms with Crippen molar-refractivity contribution in [1.82, 2.24) is 4.90 Å². The van der Waals surface area contributed by atoms with Crippen LogP contribution in [0.1, 0.15) is 24.8 Å². The minimum Gasteiger partial charge on any atom is -0.497 e. The Labute approximate surface area is 138 Å². The van der Waals surface area contributed by atoms with Crippen molar-refractivity contribution in [2.24, 2.45) is 17.8 Å². The van der Waals surface area contributed by atoms with Crippen molar-refractivity contribution in [2.45, 2.75) is 19.3 Å². The summed E-state index contributed by atoms with van der Waals surface area (Å²) in [5.74, 6) is 2.36. The number of fused-ring (bicyclic) bond motifs is 2. The molecule has 0 aliphatic heterocycles. The summed E-state index contributed by atoms with van der Waals surface area (Å²) < 4.78 is 19.6. The molecule has 1 aromatic carbocycles. The van der Waals surface area contributed by atoms with Gasteiger partial charge in [-0.15, -0.1) is 12.4 Å². The third-order valence-corrected chi connectivity index (χ3v) is 4.94. The molecule has 0 N–H and O–H groups in total. The molecule has 0 amide bonds. The van der Waals surface area contributed by atoms with Gasteiger partial charge in [0, 0.05) is 12.1 Å². The number of methoxy groups -OCH3 is 1. The van der Waals surface area contributed by atoms with Crippen molar-refractivity contribution in [1.29, 1.82) is 0 Å². The second-order valence-corrected chi connectivity index (χ2v) is 6.67. The second-order valence-electron chi connectivity index (χ2n) is 6.67. The summed E-state index contributed by atoms with van der Waals surface area (Å²) in [7, 11) is 5.83. The fraction of sp³-hybridized carbons (Fsp3) is 0.556. The molecule has 22 heavy (non-hydrogen) atoms. The Morgan fingerprint density at radius 3 is 2.73 bits per heavy atom. The van der Waals surface area contributed by atoms with E-state index in [0.29, 0.717) is 17.8 Å². The Morgan fingerprint density at radius 1 is 1.27 bits per heavy atom. The highest BCUT2D eigenvalue weighted by Gasteiger charge is 2.38. The van der Waals surface area contributed by atoms with Gasteiger partial charge in [-0.2, -0.15) is 0 Å². The molecule has 3 unspecified atom stereocenters. The number of hydrogen-bond acceptors (Lipinski definition) is 2. The van der Waals surface area contributed by atoms with Crippen LogP contribution in [0.15, 0.2) is 24.3 Å². The molecule has 1 fully saturated rings. The van der Waals surface area contributed by atoms with Crippen molar-refractivity contribution in [3.63, 3.8) is 0 Å². The maximum absolute atomic E-state index is 14.4. The normalized spacial score (nSPS) is 26.6. The van der Waals surface area contributed by atoms with Gasteiger partial charge in [0.2, 0.25) is 0 Å². The third-order valence-electron chi connectivity index (χ3n) is 4.94. The maximum atomic E-state index is 14.4. The topological polar surface area (TPSA) is 12.5 Å². The van der Waals surface area contributed by atoms with Gasteiger partial charge >= 0.3 is 0 Å². The molecule has 2 aliphatic carbocycles. The van der Waals surface area contributed by atoms with Crippen LogP contribution in [0.4, 0.5) is 4.39 Å². The molecule has 2 bridgehead atoms. The van der Waals surface area contributed by atoms with Gasteiger partial charge in [0.15, 0.2) is 0 Å². The molecule has 4 heteroatoms. The average Bonchev–Trinajstić information content (AvgIpc) is 2.85. The van der Waals surface area contributed by atoms with Gasteiger partial charge < -0.3 is 9.64 Å². The smallest absolute Gasteiger partial charge is 0.130 e. The Bertz CT molecular complexity index is 558. The van der Waals surface area contributed by atoms with E-state index in [4.69, 9.17) is 4.74 Å². The monoisotopic (exact) mass is 325 g/mol. The summed E-state index contributed by atoms with van der Waals surface area (Å²) in [6, 6.07) is 5.07. The van der Waals surface area contributed by atoms with Crippen LogP contribution in [-0.4, -0.2) is 32.6 Å². The lowest BCUT2D eigenvalue weighted by Gasteiger charge is -2.33. The van der Waals surface area contributed by atoms with Gasteiger partial charge in [0.25, 0.3) is 0 Å². The maximum Gasteiger partial charge on any atom is 0.130 e. The molecule has 0 heterocycles. The van der Waals surface area contributed by atoms with Crippen molar-refractivity contribution < 1.29 is 9.13 Å². The van der Waals surface area contributed by atoms with Gasteiger partial charge in [-0.1, -0.05) is 6.08 Å². The van der Waals surface area contributed by atoms with E-state index < -0.39 is 0 Å². The van der Waals surface area contributed by atoms with Crippen molar-refractivity contribution >= 4 is 18.0 Å². The van der Waals surface area contributed by atoms with Crippen LogP contribution in [-0.2, 0) is 0 Å². The minimum atomic E-state index is -0.132. The molecule has 0 aromatic heterocycles. The van der Waals surface area contributed by atoms with Gasteiger partial charge in [0.1, 0.15) is 11.6 Å². The zero-order chi connectivity index (χ0) is 15.0. The van der Waals surface area contributed by atoms with E-state index in [9.17, 15) is 4.39 Å². The molecule has 1 saturated carbocycles. The molecule has 0 saturated heterocycles. The highest BCUT2D eigenvalue weighted by molar-refractivity contribution is 5.85.